The van der Waals surface area contributed by atoms with Gasteiger partial charge in [-0.15, -0.1) is 10.2 Å². The summed E-state index contributed by atoms with van der Waals surface area (Å²) in [7, 11) is 3.62. The van der Waals surface area contributed by atoms with Crippen molar-refractivity contribution in [2.75, 3.05) is 17.7 Å². The number of anilines is 2. The lowest BCUT2D eigenvalue weighted by Crippen LogP contribution is -2.16. The van der Waals surface area contributed by atoms with E-state index in [0.29, 0.717) is 11.9 Å². The van der Waals surface area contributed by atoms with E-state index in [1.165, 1.54) is 0 Å². The van der Waals surface area contributed by atoms with Crippen LogP contribution < -0.4 is 15.4 Å². The second-order valence-corrected chi connectivity index (χ2v) is 4.85. The van der Waals surface area contributed by atoms with Crippen molar-refractivity contribution in [2.45, 2.75) is 32.9 Å². The Labute approximate surface area is 123 Å². The number of hydrogen-bond donors (Lipinski definition) is 2. The smallest absolute Gasteiger partial charge is 0.323 e. The number of ether oxygens (including phenoxy) is 1. The summed E-state index contributed by atoms with van der Waals surface area (Å²) in [4.78, 5) is 12.7. The third kappa shape index (κ3) is 3.77. The van der Waals surface area contributed by atoms with Gasteiger partial charge in [-0.05, 0) is 20.8 Å². The van der Waals surface area contributed by atoms with E-state index in [0.717, 1.165) is 5.82 Å². The summed E-state index contributed by atoms with van der Waals surface area (Å²) < 4.78 is 7.35. The van der Waals surface area contributed by atoms with Crippen LogP contribution in [0, 0.1) is 0 Å². The molecule has 21 heavy (non-hydrogen) atoms. The van der Waals surface area contributed by atoms with E-state index in [1.807, 2.05) is 32.4 Å². The average molecular weight is 292 g/mol. The standard InChI is InChI=1S/C12H20N8O/c1-7(2)21-12-17-10(13-4)16-11(18-12)15-8(3)9-19-14-6-20(9)5/h6-8H,1-5H3,(H2,13,15,16,17,18). The van der Waals surface area contributed by atoms with E-state index < -0.39 is 0 Å². The second-order valence-electron chi connectivity index (χ2n) is 4.85. The Hall–Kier alpha value is -2.45. The first-order chi connectivity index (χ1) is 9.99. The van der Waals surface area contributed by atoms with Gasteiger partial charge in [-0.25, -0.2) is 0 Å². The summed E-state index contributed by atoms with van der Waals surface area (Å²) >= 11 is 0. The quantitative estimate of drug-likeness (QED) is 0.813. The monoisotopic (exact) mass is 292 g/mol. The zero-order valence-corrected chi connectivity index (χ0v) is 12.8. The first kappa shape index (κ1) is 14.9. The minimum absolute atomic E-state index is 0.0129. The molecule has 2 heterocycles. The van der Waals surface area contributed by atoms with Crippen LogP contribution in [0.1, 0.15) is 32.6 Å². The number of nitrogens with zero attached hydrogens (tertiary/aromatic N) is 6. The summed E-state index contributed by atoms with van der Waals surface area (Å²) in [6.45, 7) is 5.78. The van der Waals surface area contributed by atoms with E-state index in [9.17, 15) is 0 Å². The van der Waals surface area contributed by atoms with Gasteiger partial charge in [0.05, 0.1) is 12.1 Å². The molecule has 0 spiro atoms. The highest BCUT2D eigenvalue weighted by Gasteiger charge is 2.15. The van der Waals surface area contributed by atoms with Crippen LogP contribution in [0.15, 0.2) is 6.33 Å². The minimum atomic E-state index is -0.100. The molecule has 0 saturated carbocycles. The van der Waals surface area contributed by atoms with Gasteiger partial charge in [-0.1, -0.05) is 0 Å². The molecule has 0 bridgehead atoms. The van der Waals surface area contributed by atoms with E-state index in [4.69, 9.17) is 4.74 Å². The molecule has 0 amide bonds. The van der Waals surface area contributed by atoms with Gasteiger partial charge in [0.15, 0.2) is 5.82 Å². The van der Waals surface area contributed by atoms with Crippen molar-refractivity contribution in [1.82, 2.24) is 29.7 Å². The molecule has 2 rings (SSSR count). The lowest BCUT2D eigenvalue weighted by molar-refractivity contribution is 0.222. The Bertz CT molecular complexity index is 597. The van der Waals surface area contributed by atoms with Gasteiger partial charge in [-0.2, -0.15) is 15.0 Å². The summed E-state index contributed by atoms with van der Waals surface area (Å²) in [5, 5.41) is 14.0. The van der Waals surface area contributed by atoms with Gasteiger partial charge in [0.2, 0.25) is 11.9 Å². The Morgan fingerprint density at radius 3 is 2.43 bits per heavy atom. The highest BCUT2D eigenvalue weighted by atomic mass is 16.5. The largest absolute Gasteiger partial charge is 0.461 e. The topological polar surface area (TPSA) is 103 Å². The zero-order chi connectivity index (χ0) is 15.4. The maximum Gasteiger partial charge on any atom is 0.323 e. The molecule has 9 nitrogen and oxygen atoms in total. The summed E-state index contributed by atoms with van der Waals surface area (Å²) in [5.74, 6) is 1.64. The molecule has 0 saturated heterocycles. The van der Waals surface area contributed by atoms with Gasteiger partial charge in [0, 0.05) is 14.1 Å². The number of aromatic nitrogens is 6. The van der Waals surface area contributed by atoms with Crippen LogP contribution in [0.5, 0.6) is 6.01 Å². The van der Waals surface area contributed by atoms with Crippen molar-refractivity contribution in [2.24, 2.45) is 7.05 Å². The molecule has 0 fully saturated rings. The highest BCUT2D eigenvalue weighted by Crippen LogP contribution is 2.17. The Balaban J connectivity index is 2.20. The molecule has 1 atom stereocenters. The summed E-state index contributed by atoms with van der Waals surface area (Å²) in [6.07, 6.45) is 1.63. The number of aryl methyl sites for hydroxylation is 1. The van der Waals surface area contributed by atoms with Crippen molar-refractivity contribution < 1.29 is 4.74 Å². The molecule has 0 radical (unpaired) electrons. The fraction of sp³-hybridized carbons (Fsp3) is 0.583. The molecule has 0 aromatic carbocycles. The second kappa shape index (κ2) is 6.33. The van der Waals surface area contributed by atoms with E-state index in [2.05, 4.69) is 35.8 Å². The third-order valence-corrected chi connectivity index (χ3v) is 2.66. The molecule has 2 N–H and O–H groups in total. The van der Waals surface area contributed by atoms with E-state index >= 15 is 0 Å². The average Bonchev–Trinajstić information content (AvgIpc) is 2.83. The summed E-state index contributed by atoms with van der Waals surface area (Å²) in [6, 6.07) is 0.175. The molecular formula is C12H20N8O. The predicted molar refractivity (Wildman–Crippen MR) is 78.2 cm³/mol. The molecule has 1 unspecified atom stereocenters. The highest BCUT2D eigenvalue weighted by molar-refractivity contribution is 5.36. The Morgan fingerprint density at radius 1 is 1.14 bits per heavy atom. The number of nitrogens with one attached hydrogen (secondary N) is 2. The third-order valence-electron chi connectivity index (χ3n) is 2.66. The van der Waals surface area contributed by atoms with E-state index in [-0.39, 0.29) is 18.2 Å². The number of hydrogen-bond acceptors (Lipinski definition) is 8. The molecule has 0 aliphatic rings. The lowest BCUT2D eigenvalue weighted by atomic mass is 10.3. The lowest BCUT2D eigenvalue weighted by Gasteiger charge is -2.14. The van der Waals surface area contributed by atoms with Crippen molar-refractivity contribution in [3.63, 3.8) is 0 Å². The molecule has 0 aliphatic heterocycles. The van der Waals surface area contributed by atoms with Crippen molar-refractivity contribution in [1.29, 1.82) is 0 Å². The van der Waals surface area contributed by atoms with Gasteiger partial charge < -0.3 is 19.9 Å². The predicted octanol–water partition coefficient (Wildman–Crippen LogP) is 1.00. The van der Waals surface area contributed by atoms with Gasteiger partial charge >= 0.3 is 6.01 Å². The van der Waals surface area contributed by atoms with Gasteiger partial charge in [0.25, 0.3) is 0 Å². The fourth-order valence-electron chi connectivity index (χ4n) is 1.74. The maximum absolute atomic E-state index is 5.52. The molecule has 2 aromatic heterocycles. The van der Waals surface area contributed by atoms with Crippen molar-refractivity contribution >= 4 is 11.9 Å². The van der Waals surface area contributed by atoms with Crippen LogP contribution in [0.4, 0.5) is 11.9 Å². The van der Waals surface area contributed by atoms with Crippen LogP contribution in [-0.4, -0.2) is 42.9 Å². The van der Waals surface area contributed by atoms with Crippen molar-refractivity contribution in [3.8, 4) is 6.01 Å². The van der Waals surface area contributed by atoms with E-state index in [1.54, 1.807) is 13.4 Å². The molecule has 0 aliphatic carbocycles. The van der Waals surface area contributed by atoms with Gasteiger partial charge in [-0.3, -0.25) is 0 Å². The first-order valence-corrected chi connectivity index (χ1v) is 6.70. The molecule has 9 heteroatoms. The normalized spacial score (nSPS) is 12.3. The Kier molecular flexibility index (Phi) is 4.51. The van der Waals surface area contributed by atoms with Gasteiger partial charge in [0.1, 0.15) is 6.33 Å². The zero-order valence-electron chi connectivity index (χ0n) is 12.8. The molecule has 2 aromatic rings. The van der Waals surface area contributed by atoms with Crippen LogP contribution in [0.3, 0.4) is 0 Å². The minimum Gasteiger partial charge on any atom is -0.461 e. The van der Waals surface area contributed by atoms with Crippen molar-refractivity contribution in [3.05, 3.63) is 12.2 Å². The molecular weight excluding hydrogens is 272 g/mol. The van der Waals surface area contributed by atoms with Crippen LogP contribution in [-0.2, 0) is 7.05 Å². The fourth-order valence-corrected chi connectivity index (χ4v) is 1.74. The molecule has 114 valence electrons. The van der Waals surface area contributed by atoms with Crippen LogP contribution in [0.25, 0.3) is 0 Å². The Morgan fingerprint density at radius 2 is 1.86 bits per heavy atom. The first-order valence-electron chi connectivity index (χ1n) is 6.70. The summed E-state index contributed by atoms with van der Waals surface area (Å²) in [5.41, 5.74) is 0. The maximum atomic E-state index is 5.52. The van der Waals surface area contributed by atoms with Crippen LogP contribution >= 0.6 is 0 Å². The SMILES string of the molecule is CNc1nc(NC(C)c2nncn2C)nc(OC(C)C)n1. The number of rotatable bonds is 6. The van der Waals surface area contributed by atoms with Crippen LogP contribution in [0.2, 0.25) is 0 Å².